The molecule has 0 fully saturated rings. The molecule has 1 amide bonds. The number of fused-ring (bicyclic) bond motifs is 1. The van der Waals surface area contributed by atoms with Gasteiger partial charge in [-0.2, -0.15) is 0 Å². The van der Waals surface area contributed by atoms with E-state index in [0.29, 0.717) is 17.4 Å². The zero-order valence-corrected chi connectivity index (χ0v) is 10.7. The predicted molar refractivity (Wildman–Crippen MR) is 69.9 cm³/mol. The number of nitrogens with one attached hydrogen (secondary N) is 1. The van der Waals surface area contributed by atoms with Crippen LogP contribution < -0.4 is 5.32 Å². The molecule has 1 unspecified atom stereocenters. The Morgan fingerprint density at radius 1 is 1.47 bits per heavy atom. The van der Waals surface area contributed by atoms with E-state index < -0.39 is 0 Å². The average molecular weight is 257 g/mol. The number of carbonyl (C=O) groups is 1. The first kappa shape index (κ1) is 11.9. The molecule has 0 bridgehead atoms. The molecule has 1 N–H and O–H groups in total. The summed E-state index contributed by atoms with van der Waals surface area (Å²) in [5, 5.41) is 6.65. The van der Waals surface area contributed by atoms with E-state index in [4.69, 9.17) is 4.52 Å². The SMILES string of the molecule is CC1CCc2onc(C(=O)Nc3ccccn3)c2C1. The minimum Gasteiger partial charge on any atom is -0.360 e. The maximum Gasteiger partial charge on any atom is 0.279 e. The van der Waals surface area contributed by atoms with Crippen molar-refractivity contribution < 1.29 is 9.32 Å². The van der Waals surface area contributed by atoms with Gasteiger partial charge in [0.15, 0.2) is 5.69 Å². The molecule has 2 aromatic heterocycles. The van der Waals surface area contributed by atoms with Gasteiger partial charge in [0, 0.05) is 18.2 Å². The summed E-state index contributed by atoms with van der Waals surface area (Å²) in [6, 6.07) is 5.37. The van der Waals surface area contributed by atoms with Crippen LogP contribution in [0.4, 0.5) is 5.82 Å². The van der Waals surface area contributed by atoms with E-state index in [1.807, 2.05) is 6.07 Å². The number of pyridine rings is 1. The van der Waals surface area contributed by atoms with Crippen molar-refractivity contribution in [1.82, 2.24) is 10.1 Å². The third-order valence-electron chi connectivity index (χ3n) is 3.41. The van der Waals surface area contributed by atoms with Crippen molar-refractivity contribution in [2.45, 2.75) is 26.2 Å². The highest BCUT2D eigenvalue weighted by Crippen LogP contribution is 2.28. The number of aromatic nitrogens is 2. The van der Waals surface area contributed by atoms with E-state index in [1.165, 1.54) is 0 Å². The average Bonchev–Trinajstić information content (AvgIpc) is 2.82. The topological polar surface area (TPSA) is 68.0 Å². The highest BCUT2D eigenvalue weighted by molar-refractivity contribution is 6.03. The number of aryl methyl sites for hydroxylation is 1. The molecule has 5 heteroatoms. The standard InChI is InChI=1S/C14H15N3O2/c1-9-5-6-11-10(8-9)13(17-19-11)14(18)16-12-4-2-3-7-15-12/h2-4,7,9H,5-6,8H2,1H3,(H,15,16,18). The molecule has 1 atom stereocenters. The van der Waals surface area contributed by atoms with Crippen molar-refractivity contribution in [3.05, 3.63) is 41.4 Å². The Hall–Kier alpha value is -2.17. The third-order valence-corrected chi connectivity index (χ3v) is 3.41. The molecule has 2 aromatic rings. The van der Waals surface area contributed by atoms with Crippen LogP contribution in [0.5, 0.6) is 0 Å². The Kier molecular flexibility index (Phi) is 3.03. The molecule has 0 spiro atoms. The molecular weight excluding hydrogens is 242 g/mol. The molecule has 0 aromatic carbocycles. The zero-order valence-electron chi connectivity index (χ0n) is 10.7. The fourth-order valence-corrected chi connectivity index (χ4v) is 2.37. The smallest absolute Gasteiger partial charge is 0.279 e. The molecule has 0 aliphatic heterocycles. The van der Waals surface area contributed by atoms with Crippen molar-refractivity contribution in [2.75, 3.05) is 5.32 Å². The van der Waals surface area contributed by atoms with Gasteiger partial charge >= 0.3 is 0 Å². The van der Waals surface area contributed by atoms with Crippen LogP contribution in [-0.4, -0.2) is 16.0 Å². The summed E-state index contributed by atoms with van der Waals surface area (Å²) in [7, 11) is 0. The molecule has 0 radical (unpaired) electrons. The molecule has 0 saturated carbocycles. The second-order valence-electron chi connectivity index (χ2n) is 4.95. The maximum absolute atomic E-state index is 12.2. The van der Waals surface area contributed by atoms with E-state index >= 15 is 0 Å². The van der Waals surface area contributed by atoms with Gasteiger partial charge in [-0.15, -0.1) is 0 Å². The van der Waals surface area contributed by atoms with Gasteiger partial charge in [-0.3, -0.25) is 4.79 Å². The molecule has 0 saturated heterocycles. The second-order valence-corrected chi connectivity index (χ2v) is 4.95. The van der Waals surface area contributed by atoms with E-state index in [2.05, 4.69) is 22.4 Å². The summed E-state index contributed by atoms with van der Waals surface area (Å²) < 4.78 is 5.26. The summed E-state index contributed by atoms with van der Waals surface area (Å²) in [5.41, 5.74) is 1.35. The third kappa shape index (κ3) is 2.36. The van der Waals surface area contributed by atoms with Crippen LogP contribution in [0.15, 0.2) is 28.9 Å². The Balaban J connectivity index is 1.83. The fraction of sp³-hybridized carbons (Fsp3) is 0.357. The van der Waals surface area contributed by atoms with Crippen molar-refractivity contribution in [1.29, 1.82) is 0 Å². The quantitative estimate of drug-likeness (QED) is 0.897. The van der Waals surface area contributed by atoms with Crippen LogP contribution in [0.1, 0.15) is 35.2 Å². The van der Waals surface area contributed by atoms with Gasteiger partial charge in [0.1, 0.15) is 11.6 Å². The summed E-state index contributed by atoms with van der Waals surface area (Å²) in [5.74, 6) is 1.68. The summed E-state index contributed by atoms with van der Waals surface area (Å²) in [6.07, 6.45) is 4.43. The second kappa shape index (κ2) is 4.84. The number of hydrogen-bond acceptors (Lipinski definition) is 4. The van der Waals surface area contributed by atoms with Gasteiger partial charge in [0.2, 0.25) is 0 Å². The minimum atomic E-state index is -0.252. The summed E-state index contributed by atoms with van der Waals surface area (Å²) >= 11 is 0. The lowest BCUT2D eigenvalue weighted by molar-refractivity contribution is 0.101. The Bertz CT molecular complexity index is 592. The van der Waals surface area contributed by atoms with Gasteiger partial charge < -0.3 is 9.84 Å². The molecule has 19 heavy (non-hydrogen) atoms. The first-order valence-corrected chi connectivity index (χ1v) is 6.44. The van der Waals surface area contributed by atoms with Crippen molar-refractivity contribution in [2.24, 2.45) is 5.92 Å². The van der Waals surface area contributed by atoms with Crippen LogP contribution in [0.25, 0.3) is 0 Å². The first-order valence-electron chi connectivity index (χ1n) is 6.44. The van der Waals surface area contributed by atoms with Crippen LogP contribution in [-0.2, 0) is 12.8 Å². The van der Waals surface area contributed by atoms with Crippen LogP contribution in [0.3, 0.4) is 0 Å². The van der Waals surface area contributed by atoms with Gasteiger partial charge in [-0.05, 0) is 30.9 Å². The lowest BCUT2D eigenvalue weighted by atomic mass is 9.88. The number of rotatable bonds is 2. The molecule has 98 valence electrons. The molecular formula is C14H15N3O2. The Morgan fingerprint density at radius 3 is 3.16 bits per heavy atom. The minimum absolute atomic E-state index is 0.252. The first-order chi connectivity index (χ1) is 9.24. The lowest BCUT2D eigenvalue weighted by Crippen LogP contribution is -2.18. The Labute approximate surface area is 111 Å². The van der Waals surface area contributed by atoms with Crippen LogP contribution in [0.2, 0.25) is 0 Å². The predicted octanol–water partition coefficient (Wildman–Crippen LogP) is 2.45. The maximum atomic E-state index is 12.2. The molecule has 2 heterocycles. The van der Waals surface area contributed by atoms with Crippen molar-refractivity contribution in [3.8, 4) is 0 Å². The zero-order chi connectivity index (χ0) is 13.2. The van der Waals surface area contributed by atoms with E-state index in [9.17, 15) is 4.79 Å². The van der Waals surface area contributed by atoms with Gasteiger partial charge in [-0.1, -0.05) is 18.1 Å². The molecule has 1 aliphatic carbocycles. The largest absolute Gasteiger partial charge is 0.360 e. The van der Waals surface area contributed by atoms with Crippen LogP contribution in [0, 0.1) is 5.92 Å². The van der Waals surface area contributed by atoms with E-state index in [-0.39, 0.29) is 5.91 Å². The van der Waals surface area contributed by atoms with Crippen molar-refractivity contribution >= 4 is 11.7 Å². The fourth-order valence-electron chi connectivity index (χ4n) is 2.37. The normalized spacial score (nSPS) is 17.8. The van der Waals surface area contributed by atoms with E-state index in [1.54, 1.807) is 18.3 Å². The number of nitrogens with zero attached hydrogens (tertiary/aromatic N) is 2. The van der Waals surface area contributed by atoms with Gasteiger partial charge in [0.05, 0.1) is 0 Å². The van der Waals surface area contributed by atoms with Gasteiger partial charge in [0.25, 0.3) is 5.91 Å². The number of hydrogen-bond donors (Lipinski definition) is 1. The van der Waals surface area contributed by atoms with Crippen LogP contribution >= 0.6 is 0 Å². The summed E-state index contributed by atoms with van der Waals surface area (Å²) in [6.45, 7) is 2.18. The number of carbonyl (C=O) groups excluding carboxylic acids is 1. The van der Waals surface area contributed by atoms with E-state index in [0.717, 1.165) is 30.6 Å². The monoisotopic (exact) mass is 257 g/mol. The number of anilines is 1. The van der Waals surface area contributed by atoms with Crippen molar-refractivity contribution in [3.63, 3.8) is 0 Å². The Morgan fingerprint density at radius 2 is 2.37 bits per heavy atom. The highest BCUT2D eigenvalue weighted by atomic mass is 16.5. The molecule has 5 nitrogen and oxygen atoms in total. The van der Waals surface area contributed by atoms with Gasteiger partial charge in [-0.25, -0.2) is 4.98 Å². The summed E-state index contributed by atoms with van der Waals surface area (Å²) in [4.78, 5) is 16.2. The molecule has 1 aliphatic rings. The molecule has 3 rings (SSSR count). The number of amides is 1. The lowest BCUT2D eigenvalue weighted by Gasteiger charge is -2.16. The highest BCUT2D eigenvalue weighted by Gasteiger charge is 2.26.